The van der Waals surface area contributed by atoms with E-state index in [0.717, 1.165) is 6.54 Å². The highest BCUT2D eigenvalue weighted by molar-refractivity contribution is 9.10. The number of nitrogens with one attached hydrogen (secondary N) is 1. The van der Waals surface area contributed by atoms with Crippen LogP contribution in [0.2, 0.25) is 0 Å². The maximum atomic E-state index is 11.7. The predicted octanol–water partition coefficient (Wildman–Crippen LogP) is 2.11. The van der Waals surface area contributed by atoms with Crippen molar-refractivity contribution in [1.29, 1.82) is 0 Å². The summed E-state index contributed by atoms with van der Waals surface area (Å²) in [6, 6.07) is 0. The van der Waals surface area contributed by atoms with Crippen LogP contribution in [-0.4, -0.2) is 42.8 Å². The molecule has 0 aliphatic heterocycles. The minimum absolute atomic E-state index is 0.0850. The van der Waals surface area contributed by atoms with Crippen molar-refractivity contribution in [3.8, 4) is 0 Å². The van der Waals surface area contributed by atoms with Crippen molar-refractivity contribution in [2.24, 2.45) is 11.3 Å². The average molecular weight is 293 g/mol. The lowest BCUT2D eigenvalue weighted by atomic mass is 9.93. The summed E-state index contributed by atoms with van der Waals surface area (Å²) in [6.07, 6.45) is 0. The molecule has 0 aromatic rings. The van der Waals surface area contributed by atoms with Gasteiger partial charge in [0, 0.05) is 13.1 Å². The summed E-state index contributed by atoms with van der Waals surface area (Å²) >= 11 is 3.40. The van der Waals surface area contributed by atoms with Gasteiger partial charge in [-0.05, 0) is 25.4 Å². The van der Waals surface area contributed by atoms with Gasteiger partial charge in [-0.15, -0.1) is 0 Å². The van der Waals surface area contributed by atoms with Crippen molar-refractivity contribution in [2.45, 2.75) is 32.5 Å². The Balaban J connectivity index is 4.09. The highest BCUT2D eigenvalue weighted by Crippen LogP contribution is 2.16. The van der Waals surface area contributed by atoms with Gasteiger partial charge in [-0.3, -0.25) is 4.79 Å². The Bertz CT molecular complexity index is 227. The summed E-state index contributed by atoms with van der Waals surface area (Å²) in [7, 11) is 4.09. The van der Waals surface area contributed by atoms with Crippen LogP contribution >= 0.6 is 15.9 Å². The van der Waals surface area contributed by atoms with Crippen LogP contribution in [0.4, 0.5) is 0 Å². The molecule has 0 aromatic heterocycles. The quantitative estimate of drug-likeness (QED) is 0.761. The van der Waals surface area contributed by atoms with Crippen LogP contribution in [0.25, 0.3) is 0 Å². The number of rotatable bonds is 6. The lowest BCUT2D eigenvalue weighted by Crippen LogP contribution is -2.43. The van der Waals surface area contributed by atoms with E-state index in [1.54, 1.807) is 0 Å². The summed E-state index contributed by atoms with van der Waals surface area (Å²) in [5.74, 6) is 0.402. The van der Waals surface area contributed by atoms with E-state index in [1.165, 1.54) is 0 Å². The Labute approximate surface area is 108 Å². The smallest absolute Gasteiger partial charge is 0.234 e. The molecule has 96 valence electrons. The van der Waals surface area contributed by atoms with Crippen molar-refractivity contribution in [3.05, 3.63) is 0 Å². The zero-order valence-electron chi connectivity index (χ0n) is 11.3. The molecule has 0 bridgehead atoms. The molecule has 0 fully saturated rings. The van der Waals surface area contributed by atoms with Crippen LogP contribution in [0.15, 0.2) is 0 Å². The van der Waals surface area contributed by atoms with E-state index in [4.69, 9.17) is 0 Å². The molecule has 0 aliphatic carbocycles. The minimum atomic E-state index is -0.0948. The lowest BCUT2D eigenvalue weighted by Gasteiger charge is -2.29. The third-order valence-corrected chi connectivity index (χ3v) is 3.79. The maximum absolute atomic E-state index is 11.7. The van der Waals surface area contributed by atoms with Crippen LogP contribution in [0.5, 0.6) is 0 Å². The number of carbonyl (C=O) groups excluding carboxylic acids is 1. The number of nitrogens with zero attached hydrogens (tertiary/aromatic N) is 1. The Kier molecular flexibility index (Phi) is 6.56. The van der Waals surface area contributed by atoms with Gasteiger partial charge in [-0.25, -0.2) is 0 Å². The van der Waals surface area contributed by atoms with Gasteiger partial charge in [-0.2, -0.15) is 0 Å². The lowest BCUT2D eigenvalue weighted by molar-refractivity contribution is -0.121. The molecular formula is C12H25BrN2O. The Morgan fingerprint density at radius 3 is 2.25 bits per heavy atom. The summed E-state index contributed by atoms with van der Waals surface area (Å²) in [6.45, 7) is 10.0. The van der Waals surface area contributed by atoms with Gasteiger partial charge in [0.1, 0.15) is 0 Å². The van der Waals surface area contributed by atoms with Gasteiger partial charge in [0.2, 0.25) is 5.91 Å². The molecule has 1 amide bonds. The van der Waals surface area contributed by atoms with E-state index in [0.29, 0.717) is 12.5 Å². The second kappa shape index (κ2) is 6.60. The molecule has 0 rings (SSSR count). The van der Waals surface area contributed by atoms with Gasteiger partial charge < -0.3 is 10.2 Å². The topological polar surface area (TPSA) is 32.3 Å². The number of hydrogen-bond donors (Lipinski definition) is 1. The third kappa shape index (κ3) is 6.48. The summed E-state index contributed by atoms with van der Waals surface area (Å²) in [4.78, 5) is 13.8. The summed E-state index contributed by atoms with van der Waals surface area (Å²) in [5.41, 5.74) is 0.100. The fourth-order valence-corrected chi connectivity index (χ4v) is 1.80. The van der Waals surface area contributed by atoms with E-state index < -0.39 is 0 Å². The molecule has 16 heavy (non-hydrogen) atoms. The molecule has 0 aromatic carbocycles. The molecule has 0 heterocycles. The average Bonchev–Trinajstić information content (AvgIpc) is 2.10. The van der Waals surface area contributed by atoms with Crippen LogP contribution in [0.1, 0.15) is 27.7 Å². The van der Waals surface area contributed by atoms with Gasteiger partial charge in [0.15, 0.2) is 0 Å². The first-order valence-electron chi connectivity index (χ1n) is 5.72. The number of hydrogen-bond acceptors (Lipinski definition) is 2. The normalized spacial score (nSPS) is 14.3. The highest BCUT2D eigenvalue weighted by Gasteiger charge is 2.23. The van der Waals surface area contributed by atoms with E-state index in [2.05, 4.69) is 40.0 Å². The fraction of sp³-hybridized carbons (Fsp3) is 0.917. The molecule has 4 heteroatoms. The van der Waals surface area contributed by atoms with Crippen molar-refractivity contribution in [3.63, 3.8) is 0 Å². The zero-order chi connectivity index (χ0) is 12.9. The van der Waals surface area contributed by atoms with E-state index in [-0.39, 0.29) is 16.1 Å². The molecule has 1 atom stereocenters. The Hall–Kier alpha value is -0.0900. The molecule has 0 spiro atoms. The zero-order valence-corrected chi connectivity index (χ0v) is 12.9. The number of alkyl halides is 1. The van der Waals surface area contributed by atoms with Gasteiger partial charge in [-0.1, -0.05) is 43.6 Å². The SMILES string of the molecule is CC(C)C(Br)C(=O)NCC(C)(C)CN(C)C. The van der Waals surface area contributed by atoms with Crippen LogP contribution in [0, 0.1) is 11.3 Å². The van der Waals surface area contributed by atoms with Crippen molar-refractivity contribution in [2.75, 3.05) is 27.2 Å². The molecule has 1 unspecified atom stereocenters. The molecule has 1 N–H and O–H groups in total. The largest absolute Gasteiger partial charge is 0.355 e. The number of carbonyl (C=O) groups is 1. The maximum Gasteiger partial charge on any atom is 0.234 e. The molecule has 0 saturated heterocycles. The van der Waals surface area contributed by atoms with Crippen LogP contribution in [-0.2, 0) is 4.79 Å². The van der Waals surface area contributed by atoms with E-state index in [1.807, 2.05) is 27.9 Å². The van der Waals surface area contributed by atoms with Gasteiger partial charge >= 0.3 is 0 Å². The van der Waals surface area contributed by atoms with E-state index in [9.17, 15) is 4.79 Å². The van der Waals surface area contributed by atoms with Crippen molar-refractivity contribution < 1.29 is 4.79 Å². The van der Waals surface area contributed by atoms with Gasteiger partial charge in [0.05, 0.1) is 4.83 Å². The monoisotopic (exact) mass is 292 g/mol. The Morgan fingerprint density at radius 1 is 1.38 bits per heavy atom. The van der Waals surface area contributed by atoms with Crippen molar-refractivity contribution >= 4 is 21.8 Å². The van der Waals surface area contributed by atoms with Gasteiger partial charge in [0.25, 0.3) is 0 Å². The first kappa shape index (κ1) is 15.9. The number of amides is 1. The molecule has 0 saturated carbocycles. The summed E-state index contributed by atoms with van der Waals surface area (Å²) in [5, 5.41) is 3.00. The van der Waals surface area contributed by atoms with E-state index >= 15 is 0 Å². The minimum Gasteiger partial charge on any atom is -0.355 e. The molecule has 0 radical (unpaired) electrons. The highest BCUT2D eigenvalue weighted by atomic mass is 79.9. The predicted molar refractivity (Wildman–Crippen MR) is 72.9 cm³/mol. The van der Waals surface area contributed by atoms with Crippen LogP contribution < -0.4 is 5.32 Å². The molecule has 0 aliphatic rings. The molecular weight excluding hydrogens is 268 g/mol. The fourth-order valence-electron chi connectivity index (χ4n) is 1.64. The summed E-state index contributed by atoms with van der Waals surface area (Å²) < 4.78 is 0. The molecule has 3 nitrogen and oxygen atoms in total. The second-order valence-electron chi connectivity index (χ2n) is 5.77. The second-order valence-corrected chi connectivity index (χ2v) is 6.75. The first-order valence-corrected chi connectivity index (χ1v) is 6.64. The standard InChI is InChI=1S/C12H25BrN2O/c1-9(2)10(13)11(16)14-7-12(3,4)8-15(5)6/h9-10H,7-8H2,1-6H3,(H,14,16). The Morgan fingerprint density at radius 2 is 1.88 bits per heavy atom. The third-order valence-electron chi connectivity index (χ3n) is 2.32. The van der Waals surface area contributed by atoms with Crippen molar-refractivity contribution in [1.82, 2.24) is 10.2 Å². The first-order chi connectivity index (χ1) is 7.15. The number of halogens is 1. The van der Waals surface area contributed by atoms with Crippen LogP contribution in [0.3, 0.4) is 0 Å².